The van der Waals surface area contributed by atoms with E-state index in [2.05, 4.69) is 9.88 Å². The van der Waals surface area contributed by atoms with Gasteiger partial charge in [0.05, 0.1) is 24.4 Å². The number of carbonyl (C=O) groups is 1. The van der Waals surface area contributed by atoms with E-state index in [1.165, 1.54) is 0 Å². The molecule has 8 heteroatoms. The Kier molecular flexibility index (Phi) is 4.66. The fraction of sp³-hybridized carbons (Fsp3) is 0.762. The first-order chi connectivity index (χ1) is 14.0. The topological polar surface area (TPSA) is 105 Å². The summed E-state index contributed by atoms with van der Waals surface area (Å²) in [6, 6.07) is 0. The summed E-state index contributed by atoms with van der Waals surface area (Å²) in [5.74, 6) is 0.744. The SMILES string of the molecule is NC1(C(=O)N2CCCC3(CCc4c3nc(N3CCOCC3)[nH]c4=O)C2)CCCC1. The minimum Gasteiger partial charge on any atom is -0.378 e. The number of fused-ring (bicyclic) bond motifs is 2. The molecule has 5 rings (SSSR count). The number of ether oxygens (including phenoxy) is 1. The standard InChI is InChI=1S/C21H31N5O3/c22-21(6-1-2-7-21)18(28)26-9-3-5-20(14-26)8-4-15-16(20)23-19(24-17(15)27)25-10-12-29-13-11-25/h1-14,22H2,(H,23,24,27). The largest absolute Gasteiger partial charge is 0.378 e. The average Bonchev–Trinajstić information content (AvgIpc) is 3.34. The highest BCUT2D eigenvalue weighted by atomic mass is 16.5. The zero-order chi connectivity index (χ0) is 20.1. The van der Waals surface area contributed by atoms with E-state index < -0.39 is 5.54 Å². The predicted molar refractivity (Wildman–Crippen MR) is 109 cm³/mol. The third-order valence-electron chi connectivity index (χ3n) is 7.46. The van der Waals surface area contributed by atoms with Crippen LogP contribution in [0.15, 0.2) is 4.79 Å². The molecule has 1 unspecified atom stereocenters. The lowest BCUT2D eigenvalue weighted by Gasteiger charge is -2.43. The smallest absolute Gasteiger partial charge is 0.255 e. The maximum absolute atomic E-state index is 13.2. The third-order valence-corrected chi connectivity index (χ3v) is 7.46. The summed E-state index contributed by atoms with van der Waals surface area (Å²) >= 11 is 0. The maximum Gasteiger partial charge on any atom is 0.255 e. The summed E-state index contributed by atoms with van der Waals surface area (Å²) in [6.07, 6.45) is 7.15. The number of aromatic amines is 1. The van der Waals surface area contributed by atoms with Crippen LogP contribution in [-0.2, 0) is 21.4 Å². The van der Waals surface area contributed by atoms with E-state index in [1.807, 2.05) is 4.90 Å². The van der Waals surface area contributed by atoms with Crippen LogP contribution in [0.5, 0.6) is 0 Å². The lowest BCUT2D eigenvalue weighted by Crippen LogP contribution is -2.58. The molecular weight excluding hydrogens is 370 g/mol. The summed E-state index contributed by atoms with van der Waals surface area (Å²) < 4.78 is 5.44. The predicted octanol–water partition coefficient (Wildman–Crippen LogP) is 0.684. The number of morpholine rings is 1. The molecule has 3 N–H and O–H groups in total. The first-order valence-corrected chi connectivity index (χ1v) is 11.1. The van der Waals surface area contributed by atoms with E-state index >= 15 is 0 Å². The summed E-state index contributed by atoms with van der Waals surface area (Å²) in [5, 5.41) is 0. The Labute approximate surface area is 170 Å². The van der Waals surface area contributed by atoms with Gasteiger partial charge in [-0.3, -0.25) is 14.6 Å². The average molecular weight is 402 g/mol. The Balaban J connectivity index is 1.45. The van der Waals surface area contributed by atoms with Gasteiger partial charge in [-0.15, -0.1) is 0 Å². The molecule has 1 aromatic rings. The van der Waals surface area contributed by atoms with Crippen molar-refractivity contribution in [2.75, 3.05) is 44.3 Å². The molecule has 2 aliphatic carbocycles. The molecule has 4 aliphatic rings. The van der Waals surface area contributed by atoms with Crippen molar-refractivity contribution in [1.82, 2.24) is 14.9 Å². The molecule has 1 amide bonds. The number of likely N-dealkylation sites (tertiary alicyclic amines) is 1. The van der Waals surface area contributed by atoms with Crippen molar-refractivity contribution in [3.8, 4) is 0 Å². The van der Waals surface area contributed by atoms with Gasteiger partial charge < -0.3 is 20.3 Å². The molecule has 158 valence electrons. The van der Waals surface area contributed by atoms with Gasteiger partial charge in [0, 0.05) is 37.2 Å². The zero-order valence-corrected chi connectivity index (χ0v) is 17.0. The summed E-state index contributed by atoms with van der Waals surface area (Å²) in [5.41, 5.74) is 7.27. The Bertz CT molecular complexity index is 856. The van der Waals surface area contributed by atoms with Crippen molar-refractivity contribution in [3.05, 3.63) is 21.6 Å². The normalized spacial score (nSPS) is 28.7. The first-order valence-electron chi connectivity index (χ1n) is 11.1. The van der Waals surface area contributed by atoms with Crippen LogP contribution in [0.3, 0.4) is 0 Å². The number of anilines is 1. The second-order valence-electron chi connectivity index (χ2n) is 9.29. The fourth-order valence-corrected chi connectivity index (χ4v) is 5.80. The minimum absolute atomic E-state index is 0.0251. The lowest BCUT2D eigenvalue weighted by molar-refractivity contribution is -0.139. The molecule has 0 aromatic carbocycles. The minimum atomic E-state index is -0.694. The van der Waals surface area contributed by atoms with E-state index in [0.717, 1.165) is 82.3 Å². The molecule has 1 aromatic heterocycles. The number of carbonyl (C=O) groups excluding carboxylic acids is 1. The summed E-state index contributed by atoms with van der Waals surface area (Å²) in [6.45, 7) is 4.15. The third kappa shape index (κ3) is 3.17. The van der Waals surface area contributed by atoms with Gasteiger partial charge in [-0.25, -0.2) is 4.98 Å². The van der Waals surface area contributed by atoms with Crippen LogP contribution in [0.2, 0.25) is 0 Å². The number of aromatic nitrogens is 2. The van der Waals surface area contributed by atoms with E-state index in [0.29, 0.717) is 25.7 Å². The van der Waals surface area contributed by atoms with Gasteiger partial charge in [0.1, 0.15) is 0 Å². The zero-order valence-electron chi connectivity index (χ0n) is 17.0. The summed E-state index contributed by atoms with van der Waals surface area (Å²) in [7, 11) is 0. The summed E-state index contributed by atoms with van der Waals surface area (Å²) in [4.78, 5) is 38.1. The molecule has 0 bridgehead atoms. The quantitative estimate of drug-likeness (QED) is 0.755. The fourth-order valence-electron chi connectivity index (χ4n) is 5.80. The molecule has 1 spiro atoms. The van der Waals surface area contributed by atoms with E-state index in [1.54, 1.807) is 0 Å². The number of nitrogens with one attached hydrogen (secondary N) is 1. The van der Waals surface area contributed by atoms with Crippen LogP contribution in [0, 0.1) is 0 Å². The number of piperidine rings is 1. The van der Waals surface area contributed by atoms with Crippen molar-refractivity contribution >= 4 is 11.9 Å². The number of H-pyrrole nitrogens is 1. The monoisotopic (exact) mass is 401 g/mol. The molecule has 2 aliphatic heterocycles. The number of hydrogen-bond donors (Lipinski definition) is 2. The van der Waals surface area contributed by atoms with Gasteiger partial charge in [-0.2, -0.15) is 0 Å². The molecule has 3 fully saturated rings. The van der Waals surface area contributed by atoms with Crippen molar-refractivity contribution < 1.29 is 9.53 Å². The Morgan fingerprint density at radius 2 is 1.83 bits per heavy atom. The molecule has 8 nitrogen and oxygen atoms in total. The number of nitrogens with zero attached hydrogens (tertiary/aromatic N) is 3. The van der Waals surface area contributed by atoms with Gasteiger partial charge in [0.25, 0.3) is 5.56 Å². The van der Waals surface area contributed by atoms with Crippen molar-refractivity contribution in [3.63, 3.8) is 0 Å². The molecule has 0 radical (unpaired) electrons. The molecule has 3 heterocycles. The van der Waals surface area contributed by atoms with Crippen LogP contribution in [0.4, 0.5) is 5.95 Å². The lowest BCUT2D eigenvalue weighted by atomic mass is 9.77. The van der Waals surface area contributed by atoms with Crippen LogP contribution in [-0.4, -0.2) is 65.7 Å². The van der Waals surface area contributed by atoms with Crippen LogP contribution >= 0.6 is 0 Å². The molecular formula is C21H31N5O3. The highest BCUT2D eigenvalue weighted by Gasteiger charge is 2.48. The molecule has 1 atom stereocenters. The highest BCUT2D eigenvalue weighted by Crippen LogP contribution is 2.44. The Morgan fingerprint density at radius 1 is 1.07 bits per heavy atom. The van der Waals surface area contributed by atoms with Crippen LogP contribution in [0.25, 0.3) is 0 Å². The Morgan fingerprint density at radius 3 is 2.59 bits per heavy atom. The number of nitrogens with two attached hydrogens (primary N) is 1. The second kappa shape index (κ2) is 7.09. The second-order valence-corrected chi connectivity index (χ2v) is 9.29. The first kappa shape index (κ1) is 19.1. The molecule has 1 saturated carbocycles. The number of rotatable bonds is 2. The van der Waals surface area contributed by atoms with Crippen LogP contribution in [0.1, 0.15) is 56.2 Å². The molecule has 29 heavy (non-hydrogen) atoms. The maximum atomic E-state index is 13.2. The number of hydrogen-bond acceptors (Lipinski definition) is 6. The number of amides is 1. The highest BCUT2D eigenvalue weighted by molar-refractivity contribution is 5.86. The van der Waals surface area contributed by atoms with E-state index in [-0.39, 0.29) is 16.9 Å². The van der Waals surface area contributed by atoms with Gasteiger partial charge >= 0.3 is 0 Å². The van der Waals surface area contributed by atoms with Gasteiger partial charge in [-0.1, -0.05) is 12.8 Å². The Hall–Kier alpha value is -1.93. The van der Waals surface area contributed by atoms with Crippen LogP contribution < -0.4 is 16.2 Å². The van der Waals surface area contributed by atoms with Gasteiger partial charge in [-0.05, 0) is 38.5 Å². The van der Waals surface area contributed by atoms with Crippen molar-refractivity contribution in [2.24, 2.45) is 5.73 Å². The van der Waals surface area contributed by atoms with Crippen molar-refractivity contribution in [2.45, 2.75) is 62.3 Å². The van der Waals surface area contributed by atoms with Crippen molar-refractivity contribution in [1.29, 1.82) is 0 Å². The van der Waals surface area contributed by atoms with E-state index in [4.69, 9.17) is 15.5 Å². The van der Waals surface area contributed by atoms with Gasteiger partial charge in [0.15, 0.2) is 0 Å². The molecule has 2 saturated heterocycles. The van der Waals surface area contributed by atoms with E-state index in [9.17, 15) is 9.59 Å². The van der Waals surface area contributed by atoms with Gasteiger partial charge in [0.2, 0.25) is 11.9 Å².